The topological polar surface area (TPSA) is 38.3 Å². The maximum absolute atomic E-state index is 10.3. The number of methoxy groups -OCH3 is 1. The fourth-order valence-electron chi connectivity index (χ4n) is 3.91. The van der Waals surface area contributed by atoms with Crippen molar-refractivity contribution in [2.45, 2.75) is 58.0 Å². The number of rotatable bonds is 11. The SMILES string of the molecule is CCCCCCCCC(O)C[NH+]1CC[NH+](c2ccccc2OC)CC1.[Cl-].[Cl-]. The number of hydrogen-bond donors (Lipinski definition) is 3. The van der Waals surface area contributed by atoms with E-state index in [9.17, 15) is 5.11 Å². The molecule has 1 aliphatic rings. The van der Waals surface area contributed by atoms with E-state index in [0.717, 1.165) is 44.9 Å². The fraction of sp³-hybridized carbons (Fsp3) is 0.714. The Kier molecular flexibility index (Phi) is 15.1. The average Bonchev–Trinajstić information content (AvgIpc) is 2.65. The van der Waals surface area contributed by atoms with Crippen LogP contribution in [-0.4, -0.2) is 51.0 Å². The minimum Gasteiger partial charge on any atom is -1.00 e. The largest absolute Gasteiger partial charge is 1.00 e. The van der Waals surface area contributed by atoms with Crippen molar-refractivity contribution in [1.29, 1.82) is 0 Å². The van der Waals surface area contributed by atoms with Crippen LogP contribution in [0.15, 0.2) is 24.3 Å². The fourth-order valence-corrected chi connectivity index (χ4v) is 3.91. The number of para-hydroxylation sites is 2. The van der Waals surface area contributed by atoms with E-state index in [-0.39, 0.29) is 30.9 Å². The number of hydrogen-bond acceptors (Lipinski definition) is 2. The first-order chi connectivity index (χ1) is 12.2. The second-order valence-corrected chi connectivity index (χ2v) is 7.47. The molecule has 2 rings (SSSR count). The molecule has 1 aromatic rings. The molecule has 158 valence electrons. The van der Waals surface area contributed by atoms with Gasteiger partial charge in [0.25, 0.3) is 0 Å². The molecule has 6 heteroatoms. The summed E-state index contributed by atoms with van der Waals surface area (Å²) >= 11 is 0. The third-order valence-electron chi connectivity index (χ3n) is 5.46. The van der Waals surface area contributed by atoms with E-state index in [1.165, 1.54) is 49.1 Å². The first kappa shape index (κ1) is 26.5. The Morgan fingerprint density at radius 1 is 0.963 bits per heavy atom. The smallest absolute Gasteiger partial charge is 0.179 e. The summed E-state index contributed by atoms with van der Waals surface area (Å²) in [5.41, 5.74) is 1.27. The van der Waals surface area contributed by atoms with Gasteiger partial charge in [0.2, 0.25) is 0 Å². The standard InChI is InChI=1S/C21H36N2O2.2ClH/c1-3-4-5-6-7-8-11-19(24)18-22-14-16-23(17-15-22)20-12-9-10-13-21(20)25-2;;/h9-10,12-13,19,24H,3-8,11,14-18H2,1-2H3;2*1H. The van der Waals surface area contributed by atoms with Gasteiger partial charge in [0.1, 0.15) is 38.8 Å². The summed E-state index contributed by atoms with van der Waals surface area (Å²) < 4.78 is 5.50. The van der Waals surface area contributed by atoms with Gasteiger partial charge in [-0.05, 0) is 12.5 Å². The van der Waals surface area contributed by atoms with E-state index in [4.69, 9.17) is 4.74 Å². The Morgan fingerprint density at radius 2 is 1.59 bits per heavy atom. The van der Waals surface area contributed by atoms with E-state index < -0.39 is 0 Å². The van der Waals surface area contributed by atoms with Gasteiger partial charge in [-0.25, -0.2) is 0 Å². The molecule has 1 heterocycles. The Bertz CT molecular complexity index is 483. The molecule has 0 bridgehead atoms. The van der Waals surface area contributed by atoms with E-state index >= 15 is 0 Å². The Hall–Kier alpha value is -0.520. The molecule has 27 heavy (non-hydrogen) atoms. The quantitative estimate of drug-likeness (QED) is 0.314. The maximum atomic E-state index is 10.3. The Labute approximate surface area is 178 Å². The van der Waals surface area contributed by atoms with Crippen molar-refractivity contribution in [2.24, 2.45) is 0 Å². The minimum atomic E-state index is -0.131. The number of benzene rings is 1. The summed E-state index contributed by atoms with van der Waals surface area (Å²) in [6.07, 6.45) is 8.63. The van der Waals surface area contributed by atoms with Crippen LogP contribution >= 0.6 is 0 Å². The number of aliphatic hydroxyl groups excluding tert-OH is 1. The van der Waals surface area contributed by atoms with Crippen molar-refractivity contribution < 1.29 is 44.5 Å². The minimum absolute atomic E-state index is 0. The molecule has 0 saturated carbocycles. The third kappa shape index (κ3) is 9.49. The van der Waals surface area contributed by atoms with Crippen LogP contribution in [0.2, 0.25) is 0 Å². The number of halogens is 2. The van der Waals surface area contributed by atoms with Gasteiger partial charge in [0.15, 0.2) is 11.4 Å². The number of aliphatic hydroxyl groups is 1. The van der Waals surface area contributed by atoms with Crippen molar-refractivity contribution >= 4 is 5.69 Å². The van der Waals surface area contributed by atoms with Crippen LogP contribution in [0.25, 0.3) is 0 Å². The monoisotopic (exact) mass is 420 g/mol. The molecule has 0 spiro atoms. The van der Waals surface area contributed by atoms with Crippen LogP contribution in [0, 0.1) is 0 Å². The zero-order valence-electron chi connectivity index (χ0n) is 17.0. The highest BCUT2D eigenvalue weighted by Gasteiger charge is 2.27. The Morgan fingerprint density at radius 3 is 2.26 bits per heavy atom. The van der Waals surface area contributed by atoms with Crippen LogP contribution in [0.3, 0.4) is 0 Å². The van der Waals surface area contributed by atoms with E-state index in [1.54, 1.807) is 12.0 Å². The van der Waals surface area contributed by atoms with E-state index in [2.05, 4.69) is 19.1 Å². The third-order valence-corrected chi connectivity index (χ3v) is 5.46. The van der Waals surface area contributed by atoms with E-state index in [1.807, 2.05) is 12.1 Å². The predicted molar refractivity (Wildman–Crippen MR) is 103 cm³/mol. The zero-order valence-corrected chi connectivity index (χ0v) is 18.5. The number of ether oxygens (including phenoxy) is 1. The van der Waals surface area contributed by atoms with Gasteiger partial charge in [-0.1, -0.05) is 57.6 Å². The van der Waals surface area contributed by atoms with Crippen LogP contribution in [0.4, 0.5) is 5.69 Å². The molecular formula is C21H38Cl2N2O2. The van der Waals surface area contributed by atoms with E-state index in [0.29, 0.717) is 0 Å². The predicted octanol–water partition coefficient (Wildman–Crippen LogP) is -4.77. The molecule has 1 fully saturated rings. The van der Waals surface area contributed by atoms with Gasteiger partial charge in [-0.15, -0.1) is 0 Å². The van der Waals surface area contributed by atoms with Gasteiger partial charge in [-0.2, -0.15) is 0 Å². The van der Waals surface area contributed by atoms with Gasteiger partial charge >= 0.3 is 0 Å². The zero-order chi connectivity index (χ0) is 17.9. The first-order valence-electron chi connectivity index (χ1n) is 10.2. The summed E-state index contributed by atoms with van der Waals surface area (Å²) in [7, 11) is 1.75. The van der Waals surface area contributed by atoms with Gasteiger partial charge in [0.05, 0.1) is 7.11 Å². The second kappa shape index (κ2) is 15.4. The summed E-state index contributed by atoms with van der Waals surface area (Å²) in [5.74, 6) is 0.990. The molecule has 1 aromatic carbocycles. The first-order valence-corrected chi connectivity index (χ1v) is 10.2. The highest BCUT2D eigenvalue weighted by atomic mass is 35.5. The van der Waals surface area contributed by atoms with Gasteiger partial charge in [-0.3, -0.25) is 4.90 Å². The van der Waals surface area contributed by atoms with Crippen molar-refractivity contribution in [3.05, 3.63) is 24.3 Å². The lowest BCUT2D eigenvalue weighted by atomic mass is 10.1. The van der Waals surface area contributed by atoms with Crippen LogP contribution in [0.5, 0.6) is 5.75 Å². The normalized spacial score (nSPS) is 20.3. The lowest BCUT2D eigenvalue weighted by molar-refractivity contribution is -0.988. The number of unbranched alkanes of at least 4 members (excludes halogenated alkanes) is 5. The molecule has 0 radical (unpaired) electrons. The second-order valence-electron chi connectivity index (χ2n) is 7.47. The van der Waals surface area contributed by atoms with Crippen molar-refractivity contribution in [3.8, 4) is 5.75 Å². The average molecular weight is 421 g/mol. The molecular weight excluding hydrogens is 383 g/mol. The molecule has 1 atom stereocenters. The molecule has 0 aromatic heterocycles. The molecule has 0 amide bonds. The number of nitrogens with one attached hydrogen (secondary N) is 2. The molecule has 4 nitrogen and oxygen atoms in total. The molecule has 1 unspecified atom stereocenters. The maximum Gasteiger partial charge on any atom is 0.179 e. The van der Waals surface area contributed by atoms with Crippen LogP contribution < -0.4 is 39.4 Å². The summed E-state index contributed by atoms with van der Waals surface area (Å²) in [6, 6.07) is 8.34. The molecule has 0 aliphatic carbocycles. The highest BCUT2D eigenvalue weighted by molar-refractivity contribution is 5.45. The van der Waals surface area contributed by atoms with Crippen LogP contribution in [-0.2, 0) is 0 Å². The lowest BCUT2D eigenvalue weighted by Gasteiger charge is -2.31. The van der Waals surface area contributed by atoms with Gasteiger partial charge in [0, 0.05) is 6.07 Å². The number of piperazine rings is 1. The Balaban J connectivity index is 0.00000338. The molecule has 1 saturated heterocycles. The summed E-state index contributed by atoms with van der Waals surface area (Å²) in [4.78, 5) is 3.06. The van der Waals surface area contributed by atoms with Gasteiger partial charge < -0.3 is 39.6 Å². The van der Waals surface area contributed by atoms with Crippen molar-refractivity contribution in [1.82, 2.24) is 0 Å². The molecule has 3 N–H and O–H groups in total. The summed E-state index contributed by atoms with van der Waals surface area (Å²) in [5, 5.41) is 10.3. The van der Waals surface area contributed by atoms with Crippen LogP contribution in [0.1, 0.15) is 51.9 Å². The van der Waals surface area contributed by atoms with Crippen molar-refractivity contribution in [3.63, 3.8) is 0 Å². The highest BCUT2D eigenvalue weighted by Crippen LogP contribution is 2.18. The number of quaternary nitrogens is 2. The molecule has 1 aliphatic heterocycles. The van der Waals surface area contributed by atoms with Crippen molar-refractivity contribution in [2.75, 3.05) is 39.8 Å². The summed E-state index contributed by atoms with van der Waals surface area (Å²) in [6.45, 7) is 7.64. The lowest BCUT2D eigenvalue weighted by Crippen LogP contribution is -3.26.